The molecule has 3 aromatic carbocycles. The lowest BCUT2D eigenvalue weighted by molar-refractivity contribution is -0.142. The van der Waals surface area contributed by atoms with Crippen molar-refractivity contribution in [2.24, 2.45) is 11.8 Å². The predicted molar refractivity (Wildman–Crippen MR) is 170 cm³/mol. The fourth-order valence-electron chi connectivity index (χ4n) is 7.24. The first-order valence-corrected chi connectivity index (χ1v) is 15.6. The van der Waals surface area contributed by atoms with Crippen LogP contribution in [-0.4, -0.2) is 57.8 Å². The van der Waals surface area contributed by atoms with E-state index >= 15 is 0 Å². The Morgan fingerprint density at radius 1 is 1.00 bits per heavy atom. The Morgan fingerprint density at radius 3 is 2.26 bits per heavy atom. The molecule has 1 unspecified atom stereocenters. The number of aromatic nitrogens is 1. The predicted octanol–water partition coefficient (Wildman–Crippen LogP) is 5.56. The second-order valence-corrected chi connectivity index (χ2v) is 12.7. The SMILES string of the molecule is CN(C)[C@@H]1c2onc(OCc3ccccc3)c2C(=O)[C@@]2(O)C(=O)C3=C(O)c4c(OCc5ccccc5)cc(C=O)c(Cl)c4CC3C[C@@H]12. The van der Waals surface area contributed by atoms with E-state index in [-0.39, 0.29) is 70.7 Å². The largest absolute Gasteiger partial charge is 0.507 e. The van der Waals surface area contributed by atoms with Crippen LogP contribution in [0, 0.1) is 11.8 Å². The molecule has 1 aromatic heterocycles. The van der Waals surface area contributed by atoms with E-state index in [1.54, 1.807) is 19.0 Å². The monoisotopic (exact) mass is 654 g/mol. The summed E-state index contributed by atoms with van der Waals surface area (Å²) in [6.07, 6.45) is 0.903. The summed E-state index contributed by atoms with van der Waals surface area (Å²) in [5, 5.41) is 28.3. The maximum absolute atomic E-state index is 14.5. The van der Waals surface area contributed by atoms with Crippen LogP contribution in [0.1, 0.15) is 61.2 Å². The zero-order valence-corrected chi connectivity index (χ0v) is 26.4. The number of aliphatic hydroxyl groups excluding tert-OH is 1. The number of aldehydes is 1. The van der Waals surface area contributed by atoms with Gasteiger partial charge in [0, 0.05) is 17.1 Å². The second kappa shape index (κ2) is 11.8. The van der Waals surface area contributed by atoms with Crippen LogP contribution in [0.5, 0.6) is 11.6 Å². The Kier molecular flexibility index (Phi) is 7.74. The minimum absolute atomic E-state index is 0.0790. The van der Waals surface area contributed by atoms with Crippen molar-refractivity contribution in [2.75, 3.05) is 14.1 Å². The number of ether oxygens (including phenoxy) is 2. The van der Waals surface area contributed by atoms with Crippen molar-refractivity contribution in [1.29, 1.82) is 0 Å². The molecule has 1 fully saturated rings. The normalized spacial score (nSPS) is 23.1. The zero-order chi connectivity index (χ0) is 33.0. The summed E-state index contributed by atoms with van der Waals surface area (Å²) >= 11 is 6.71. The van der Waals surface area contributed by atoms with Gasteiger partial charge in [0.05, 0.1) is 16.6 Å². The first-order chi connectivity index (χ1) is 22.6. The molecule has 10 nitrogen and oxygen atoms in total. The van der Waals surface area contributed by atoms with Crippen molar-refractivity contribution in [3.05, 3.63) is 116 Å². The molecule has 2 N–H and O–H groups in total. The lowest BCUT2D eigenvalue weighted by Crippen LogP contribution is -2.63. The van der Waals surface area contributed by atoms with Gasteiger partial charge in [0.25, 0.3) is 5.88 Å². The molecule has 1 heterocycles. The van der Waals surface area contributed by atoms with Gasteiger partial charge < -0.3 is 24.2 Å². The lowest BCUT2D eigenvalue weighted by Gasteiger charge is -2.49. The van der Waals surface area contributed by atoms with Gasteiger partial charge in [-0.25, -0.2) is 0 Å². The van der Waals surface area contributed by atoms with Crippen LogP contribution in [0.25, 0.3) is 5.76 Å². The standard InChI is InChI=1S/C36H31ClN2O8/c1-39(2)30-24-14-21-13-23-27(25(15-22(16-40)29(23)37)45-17-19-9-5-3-6-10-19)31(41)26(21)33(42)36(24,44)34(43)28-32(30)47-38-35(28)46-18-20-11-7-4-8-12-20/h3-12,15-16,21,24,30,41,44H,13-14,17-18H2,1-2H3/t21?,24-,30-,36-/m0/s1. The quantitative estimate of drug-likeness (QED) is 0.183. The highest BCUT2D eigenvalue weighted by Crippen LogP contribution is 2.56. The number of Topliss-reactive ketones (excluding diaryl/α,β-unsaturated/α-hetero) is 2. The van der Waals surface area contributed by atoms with Gasteiger partial charge in [0.1, 0.15) is 30.3 Å². The molecule has 4 aromatic rings. The number of fused-ring (bicyclic) bond motifs is 4. The Balaban J connectivity index is 1.32. The first kappa shape index (κ1) is 30.9. The summed E-state index contributed by atoms with van der Waals surface area (Å²) in [7, 11) is 3.51. The lowest BCUT2D eigenvalue weighted by atomic mass is 9.57. The number of rotatable bonds is 8. The molecular weight excluding hydrogens is 624 g/mol. The van der Waals surface area contributed by atoms with Crippen LogP contribution in [-0.2, 0) is 24.4 Å². The number of carbonyl (C=O) groups is 3. The molecule has 7 rings (SSSR count). The van der Waals surface area contributed by atoms with Crippen LogP contribution < -0.4 is 9.47 Å². The maximum atomic E-state index is 14.5. The molecule has 0 amide bonds. The number of benzene rings is 3. The average molecular weight is 655 g/mol. The summed E-state index contributed by atoms with van der Waals surface area (Å²) in [6.45, 7) is 0.194. The molecule has 0 saturated heterocycles. The Labute approximate surface area is 275 Å². The maximum Gasteiger partial charge on any atom is 0.265 e. The topological polar surface area (TPSA) is 139 Å². The minimum atomic E-state index is -2.55. The third-order valence-electron chi connectivity index (χ3n) is 9.42. The molecule has 0 aliphatic heterocycles. The van der Waals surface area contributed by atoms with Crippen LogP contribution in [0.3, 0.4) is 0 Å². The van der Waals surface area contributed by atoms with Crippen LogP contribution in [0.4, 0.5) is 0 Å². The summed E-state index contributed by atoms with van der Waals surface area (Å²) in [4.78, 5) is 42.6. The number of hydrogen-bond acceptors (Lipinski definition) is 10. The van der Waals surface area contributed by atoms with E-state index in [1.807, 2.05) is 60.7 Å². The van der Waals surface area contributed by atoms with E-state index in [0.717, 1.165) is 11.1 Å². The molecule has 3 aliphatic carbocycles. The third-order valence-corrected chi connectivity index (χ3v) is 9.87. The summed E-state index contributed by atoms with van der Waals surface area (Å²) in [6, 6.07) is 19.3. The smallest absolute Gasteiger partial charge is 0.265 e. The molecule has 0 bridgehead atoms. The Morgan fingerprint density at radius 2 is 1.64 bits per heavy atom. The molecule has 0 radical (unpaired) electrons. The van der Waals surface area contributed by atoms with Crippen molar-refractivity contribution < 1.29 is 38.6 Å². The van der Waals surface area contributed by atoms with Gasteiger partial charge in [-0.15, -0.1) is 0 Å². The molecule has 4 atom stereocenters. The molecule has 1 saturated carbocycles. The molecule has 0 spiro atoms. The van der Waals surface area contributed by atoms with E-state index in [2.05, 4.69) is 5.16 Å². The van der Waals surface area contributed by atoms with Crippen molar-refractivity contribution >= 4 is 35.2 Å². The zero-order valence-electron chi connectivity index (χ0n) is 25.6. The van der Waals surface area contributed by atoms with Crippen LogP contribution in [0.2, 0.25) is 5.02 Å². The summed E-state index contributed by atoms with van der Waals surface area (Å²) in [5.41, 5.74) is -0.298. The van der Waals surface area contributed by atoms with Gasteiger partial charge in [-0.2, -0.15) is 0 Å². The highest BCUT2D eigenvalue weighted by Gasteiger charge is 2.65. The second-order valence-electron chi connectivity index (χ2n) is 12.4. The van der Waals surface area contributed by atoms with E-state index in [9.17, 15) is 24.6 Å². The van der Waals surface area contributed by atoms with Gasteiger partial charge in [-0.3, -0.25) is 19.3 Å². The number of halogens is 1. The Hall–Kier alpha value is -4.77. The van der Waals surface area contributed by atoms with Crippen molar-refractivity contribution in [3.63, 3.8) is 0 Å². The third kappa shape index (κ3) is 4.86. The van der Waals surface area contributed by atoms with Gasteiger partial charge in [-0.05, 0) is 60.8 Å². The number of hydrogen-bond donors (Lipinski definition) is 2. The summed E-state index contributed by atoms with van der Waals surface area (Å²) < 4.78 is 17.7. The molecule has 3 aliphatic rings. The van der Waals surface area contributed by atoms with E-state index in [1.165, 1.54) is 6.07 Å². The fourth-order valence-corrected chi connectivity index (χ4v) is 7.51. The van der Waals surface area contributed by atoms with Crippen molar-refractivity contribution in [2.45, 2.75) is 37.7 Å². The average Bonchev–Trinajstić information content (AvgIpc) is 3.49. The van der Waals surface area contributed by atoms with Crippen molar-refractivity contribution in [3.8, 4) is 11.6 Å². The number of ketones is 2. The molecule has 47 heavy (non-hydrogen) atoms. The highest BCUT2D eigenvalue weighted by atomic mass is 35.5. The highest BCUT2D eigenvalue weighted by molar-refractivity contribution is 6.34. The Bertz CT molecular complexity index is 1940. The summed E-state index contributed by atoms with van der Waals surface area (Å²) in [5.74, 6) is -3.62. The van der Waals surface area contributed by atoms with E-state index < -0.39 is 40.8 Å². The molecule has 240 valence electrons. The van der Waals surface area contributed by atoms with Gasteiger partial charge >= 0.3 is 0 Å². The number of carbonyl (C=O) groups excluding carboxylic acids is 3. The number of nitrogens with zero attached hydrogens (tertiary/aromatic N) is 2. The van der Waals surface area contributed by atoms with Crippen LogP contribution in [0.15, 0.2) is 76.8 Å². The fraction of sp³-hybridized carbons (Fsp3) is 0.278. The van der Waals surface area contributed by atoms with E-state index in [4.69, 9.17) is 25.6 Å². The van der Waals surface area contributed by atoms with Gasteiger partial charge in [0.15, 0.2) is 17.6 Å². The van der Waals surface area contributed by atoms with Gasteiger partial charge in [0.2, 0.25) is 11.6 Å². The van der Waals surface area contributed by atoms with Crippen LogP contribution >= 0.6 is 11.6 Å². The molecule has 11 heteroatoms. The van der Waals surface area contributed by atoms with Crippen molar-refractivity contribution in [1.82, 2.24) is 10.1 Å². The number of aliphatic hydroxyl groups is 2. The van der Waals surface area contributed by atoms with E-state index in [0.29, 0.717) is 11.8 Å². The van der Waals surface area contributed by atoms with Gasteiger partial charge in [-0.1, -0.05) is 72.3 Å². The minimum Gasteiger partial charge on any atom is -0.507 e. The molecular formula is C36H31ClN2O8. The first-order valence-electron chi connectivity index (χ1n) is 15.2.